The van der Waals surface area contributed by atoms with Crippen molar-refractivity contribution in [3.8, 4) is 17.0 Å². The van der Waals surface area contributed by atoms with Gasteiger partial charge in [-0.05, 0) is 25.1 Å². The molecule has 0 radical (unpaired) electrons. The monoisotopic (exact) mass is 344 g/mol. The molecule has 0 saturated carbocycles. The molecule has 0 aliphatic heterocycles. The fraction of sp³-hybridized carbons (Fsp3) is 0.211. The molecule has 3 rings (SSSR count). The van der Waals surface area contributed by atoms with Crippen molar-refractivity contribution in [1.29, 1.82) is 0 Å². The van der Waals surface area contributed by atoms with Crippen LogP contribution in [-0.2, 0) is 0 Å². The average molecular weight is 345 g/mol. The van der Waals surface area contributed by atoms with Crippen molar-refractivity contribution in [2.75, 3.05) is 19.0 Å². The van der Waals surface area contributed by atoms with E-state index in [1.165, 1.54) is 0 Å². The van der Waals surface area contributed by atoms with E-state index in [1.54, 1.807) is 14.0 Å². The Kier molecular flexibility index (Phi) is 6.01. The molecule has 2 N–H and O–H groups in total. The van der Waals surface area contributed by atoms with Crippen LogP contribution < -0.4 is 10.1 Å². The quantitative estimate of drug-likeness (QED) is 0.731. The highest BCUT2D eigenvalue weighted by Crippen LogP contribution is 2.30. The molecule has 0 fully saturated rings. The lowest BCUT2D eigenvalue weighted by atomic mass is 10.1. The molecule has 1 atom stereocenters. The molecule has 4 nitrogen and oxygen atoms in total. The third-order valence-electron chi connectivity index (χ3n) is 3.67. The Bertz CT molecular complexity index is 807. The number of rotatable bonds is 5. The van der Waals surface area contributed by atoms with Crippen molar-refractivity contribution in [2.24, 2.45) is 0 Å². The number of nitrogens with zero attached hydrogens (tertiary/aromatic N) is 1. The molecular formula is C19H21ClN2O2. The summed E-state index contributed by atoms with van der Waals surface area (Å²) >= 11 is 0. The van der Waals surface area contributed by atoms with E-state index in [1.807, 2.05) is 54.6 Å². The molecule has 0 aliphatic carbocycles. The smallest absolute Gasteiger partial charge is 0.121 e. The Morgan fingerprint density at radius 2 is 1.88 bits per heavy atom. The predicted octanol–water partition coefficient (Wildman–Crippen LogP) is 4.12. The molecule has 0 amide bonds. The molecule has 1 heterocycles. The van der Waals surface area contributed by atoms with Crippen molar-refractivity contribution >= 4 is 29.0 Å². The third kappa shape index (κ3) is 3.96. The van der Waals surface area contributed by atoms with Gasteiger partial charge in [0.1, 0.15) is 5.75 Å². The van der Waals surface area contributed by atoms with Crippen LogP contribution in [0.2, 0.25) is 0 Å². The van der Waals surface area contributed by atoms with E-state index in [2.05, 4.69) is 5.32 Å². The summed E-state index contributed by atoms with van der Waals surface area (Å²) in [5.41, 5.74) is 3.76. The minimum Gasteiger partial charge on any atom is -0.497 e. The maximum Gasteiger partial charge on any atom is 0.121 e. The molecule has 2 aromatic carbocycles. The summed E-state index contributed by atoms with van der Waals surface area (Å²) in [5.74, 6) is 0.775. The summed E-state index contributed by atoms with van der Waals surface area (Å²) in [5, 5.41) is 13.9. The van der Waals surface area contributed by atoms with Crippen molar-refractivity contribution in [2.45, 2.75) is 13.0 Å². The van der Waals surface area contributed by atoms with E-state index in [0.717, 1.165) is 33.6 Å². The van der Waals surface area contributed by atoms with E-state index in [0.29, 0.717) is 6.54 Å². The van der Waals surface area contributed by atoms with E-state index >= 15 is 0 Å². The predicted molar refractivity (Wildman–Crippen MR) is 101 cm³/mol. The lowest BCUT2D eigenvalue weighted by Gasteiger charge is -2.14. The van der Waals surface area contributed by atoms with E-state index in [9.17, 15) is 5.11 Å². The van der Waals surface area contributed by atoms with Crippen LogP contribution in [0, 0.1) is 0 Å². The van der Waals surface area contributed by atoms with E-state index < -0.39 is 6.10 Å². The molecule has 5 heteroatoms. The second-order valence-corrected chi connectivity index (χ2v) is 5.53. The topological polar surface area (TPSA) is 54.4 Å². The van der Waals surface area contributed by atoms with Crippen molar-refractivity contribution in [1.82, 2.24) is 4.98 Å². The Morgan fingerprint density at radius 1 is 1.12 bits per heavy atom. The number of halogens is 1. The standard InChI is InChI=1S/C19H20N2O2.ClH/c1-13(22)12-20-18-11-17(14-6-4-3-5-7-14)21-19-10-15(23-2)8-9-16(18)19;/h3-11,13,22H,12H2,1-2H3,(H,20,21);1H/t13-;/m0./s1. The van der Waals surface area contributed by atoms with E-state index in [-0.39, 0.29) is 12.4 Å². The molecule has 24 heavy (non-hydrogen) atoms. The van der Waals surface area contributed by atoms with Gasteiger partial charge in [0.2, 0.25) is 0 Å². The highest BCUT2D eigenvalue weighted by Gasteiger charge is 2.09. The number of aromatic nitrogens is 1. The fourth-order valence-corrected chi connectivity index (χ4v) is 2.50. The summed E-state index contributed by atoms with van der Waals surface area (Å²) in [7, 11) is 1.65. The number of ether oxygens (including phenoxy) is 1. The highest BCUT2D eigenvalue weighted by molar-refractivity contribution is 5.94. The molecular weight excluding hydrogens is 324 g/mol. The van der Waals surface area contributed by atoms with Crippen LogP contribution in [0.25, 0.3) is 22.2 Å². The number of nitrogens with one attached hydrogen (secondary N) is 1. The van der Waals surface area contributed by atoms with Crippen LogP contribution >= 0.6 is 12.4 Å². The lowest BCUT2D eigenvalue weighted by molar-refractivity contribution is 0.208. The van der Waals surface area contributed by atoms with Gasteiger partial charge in [0.05, 0.1) is 24.4 Å². The Morgan fingerprint density at radius 3 is 2.54 bits per heavy atom. The third-order valence-corrected chi connectivity index (χ3v) is 3.67. The van der Waals surface area contributed by atoms with Gasteiger partial charge in [0, 0.05) is 29.2 Å². The normalized spacial score (nSPS) is 11.6. The van der Waals surface area contributed by atoms with Gasteiger partial charge in [-0.15, -0.1) is 12.4 Å². The number of hydrogen-bond acceptors (Lipinski definition) is 4. The van der Waals surface area contributed by atoms with Crippen molar-refractivity contribution in [3.05, 3.63) is 54.6 Å². The second-order valence-electron chi connectivity index (χ2n) is 5.53. The molecule has 1 aromatic heterocycles. The van der Waals surface area contributed by atoms with Crippen molar-refractivity contribution in [3.63, 3.8) is 0 Å². The number of benzene rings is 2. The highest BCUT2D eigenvalue weighted by atomic mass is 35.5. The summed E-state index contributed by atoms with van der Waals surface area (Å²) in [4.78, 5) is 4.76. The molecule has 3 aromatic rings. The van der Waals surface area contributed by atoms with Gasteiger partial charge < -0.3 is 15.2 Å². The zero-order valence-corrected chi connectivity index (χ0v) is 14.5. The van der Waals surface area contributed by atoms with Gasteiger partial charge in [-0.25, -0.2) is 4.98 Å². The summed E-state index contributed by atoms with van der Waals surface area (Å²) in [6, 6.07) is 17.9. The van der Waals surface area contributed by atoms with Gasteiger partial charge in [-0.1, -0.05) is 30.3 Å². The minimum atomic E-state index is -0.420. The van der Waals surface area contributed by atoms with Crippen LogP contribution in [0.1, 0.15) is 6.92 Å². The molecule has 0 spiro atoms. The Labute approximate surface area is 147 Å². The zero-order chi connectivity index (χ0) is 16.2. The number of methoxy groups -OCH3 is 1. The van der Waals surface area contributed by atoms with Crippen LogP contribution in [0.15, 0.2) is 54.6 Å². The molecule has 126 valence electrons. The number of hydrogen-bond donors (Lipinski definition) is 2. The first-order valence-electron chi connectivity index (χ1n) is 7.63. The zero-order valence-electron chi connectivity index (χ0n) is 13.7. The molecule has 0 bridgehead atoms. The summed E-state index contributed by atoms with van der Waals surface area (Å²) in [6.45, 7) is 2.25. The molecule has 0 unspecified atom stereocenters. The number of pyridine rings is 1. The largest absolute Gasteiger partial charge is 0.497 e. The van der Waals surface area contributed by atoms with Gasteiger partial charge in [-0.3, -0.25) is 0 Å². The number of anilines is 1. The fourth-order valence-electron chi connectivity index (χ4n) is 2.50. The SMILES string of the molecule is COc1ccc2c(NC[C@H](C)O)cc(-c3ccccc3)nc2c1.Cl. The Balaban J connectivity index is 0.00000208. The summed E-state index contributed by atoms with van der Waals surface area (Å²) in [6.07, 6.45) is -0.420. The van der Waals surface area contributed by atoms with Gasteiger partial charge in [0.15, 0.2) is 0 Å². The number of aliphatic hydroxyl groups is 1. The summed E-state index contributed by atoms with van der Waals surface area (Å²) < 4.78 is 5.31. The number of fused-ring (bicyclic) bond motifs is 1. The number of aliphatic hydroxyl groups excluding tert-OH is 1. The van der Waals surface area contributed by atoms with Crippen LogP contribution in [0.3, 0.4) is 0 Å². The van der Waals surface area contributed by atoms with Gasteiger partial charge in [-0.2, -0.15) is 0 Å². The van der Waals surface area contributed by atoms with Crippen LogP contribution in [-0.4, -0.2) is 29.8 Å². The van der Waals surface area contributed by atoms with Gasteiger partial charge in [0.25, 0.3) is 0 Å². The maximum absolute atomic E-state index is 9.56. The van der Waals surface area contributed by atoms with Gasteiger partial charge >= 0.3 is 0 Å². The average Bonchev–Trinajstić information content (AvgIpc) is 2.59. The van der Waals surface area contributed by atoms with Crippen LogP contribution in [0.5, 0.6) is 5.75 Å². The first kappa shape index (κ1) is 18.0. The lowest BCUT2D eigenvalue weighted by Crippen LogP contribution is -2.15. The van der Waals surface area contributed by atoms with E-state index in [4.69, 9.17) is 9.72 Å². The first-order valence-corrected chi connectivity index (χ1v) is 7.63. The maximum atomic E-state index is 9.56. The second kappa shape index (κ2) is 7.99. The first-order chi connectivity index (χ1) is 11.2. The van der Waals surface area contributed by atoms with Crippen molar-refractivity contribution < 1.29 is 9.84 Å². The molecule has 0 aliphatic rings. The van der Waals surface area contributed by atoms with Crippen LogP contribution in [0.4, 0.5) is 5.69 Å². The Hall–Kier alpha value is -2.30. The minimum absolute atomic E-state index is 0. The molecule has 0 saturated heterocycles.